The Bertz CT molecular complexity index is 744. The van der Waals surface area contributed by atoms with E-state index in [0.717, 1.165) is 44.3 Å². The highest BCUT2D eigenvalue weighted by Gasteiger charge is 2.25. The molecular formula is C17H25FN8. The predicted octanol–water partition coefficient (Wildman–Crippen LogP) is 0.819. The standard InChI is InChI=1S/C17H25FN8/c1-3-15-24-22-12-26(15)10-8-21-17(19-2)23-13-6-9-25(11-13)16-14(18)5-4-7-20-16/h4-5,7,12-13H,3,6,8-11H2,1-2H3,(H2,19,21,23). The van der Waals surface area contributed by atoms with Crippen molar-refractivity contribution < 1.29 is 4.39 Å². The number of rotatable bonds is 6. The lowest BCUT2D eigenvalue weighted by atomic mass is 10.3. The highest BCUT2D eigenvalue weighted by atomic mass is 19.1. The molecule has 2 N–H and O–H groups in total. The average Bonchev–Trinajstić information content (AvgIpc) is 3.30. The van der Waals surface area contributed by atoms with E-state index in [9.17, 15) is 4.39 Å². The minimum absolute atomic E-state index is 0.198. The first-order valence-electron chi connectivity index (χ1n) is 8.90. The number of hydrogen-bond acceptors (Lipinski definition) is 5. The van der Waals surface area contributed by atoms with Gasteiger partial charge in [0.25, 0.3) is 0 Å². The lowest BCUT2D eigenvalue weighted by molar-refractivity contribution is 0.606. The van der Waals surface area contributed by atoms with E-state index in [-0.39, 0.29) is 11.9 Å². The molecule has 0 amide bonds. The van der Waals surface area contributed by atoms with Crippen molar-refractivity contribution in [2.75, 3.05) is 31.6 Å². The summed E-state index contributed by atoms with van der Waals surface area (Å²) < 4.78 is 15.9. The van der Waals surface area contributed by atoms with E-state index < -0.39 is 0 Å². The van der Waals surface area contributed by atoms with Gasteiger partial charge in [0, 0.05) is 51.9 Å². The molecule has 26 heavy (non-hydrogen) atoms. The van der Waals surface area contributed by atoms with Gasteiger partial charge in [-0.15, -0.1) is 10.2 Å². The summed E-state index contributed by atoms with van der Waals surface area (Å²) in [7, 11) is 1.75. The van der Waals surface area contributed by atoms with Crippen LogP contribution in [0.4, 0.5) is 10.2 Å². The fourth-order valence-corrected chi connectivity index (χ4v) is 3.10. The Kier molecular flexibility index (Phi) is 5.98. The summed E-state index contributed by atoms with van der Waals surface area (Å²) in [6.07, 6.45) is 5.12. The third kappa shape index (κ3) is 4.27. The summed E-state index contributed by atoms with van der Waals surface area (Å²) >= 11 is 0. The van der Waals surface area contributed by atoms with Crippen LogP contribution in [0.15, 0.2) is 29.6 Å². The van der Waals surface area contributed by atoms with E-state index in [2.05, 4.69) is 37.7 Å². The molecule has 0 aromatic carbocycles. The van der Waals surface area contributed by atoms with Gasteiger partial charge < -0.3 is 20.1 Å². The predicted molar refractivity (Wildman–Crippen MR) is 98.7 cm³/mol. The molecule has 1 aliphatic heterocycles. The van der Waals surface area contributed by atoms with E-state index in [1.165, 1.54) is 6.07 Å². The van der Waals surface area contributed by atoms with Crippen molar-refractivity contribution in [3.63, 3.8) is 0 Å². The van der Waals surface area contributed by atoms with E-state index >= 15 is 0 Å². The maximum Gasteiger partial charge on any atom is 0.191 e. The van der Waals surface area contributed by atoms with Crippen molar-refractivity contribution in [3.05, 3.63) is 36.3 Å². The zero-order valence-electron chi connectivity index (χ0n) is 15.2. The molecule has 1 fully saturated rings. The molecule has 0 bridgehead atoms. The van der Waals surface area contributed by atoms with Crippen molar-refractivity contribution >= 4 is 11.8 Å². The Balaban J connectivity index is 1.48. The second-order valence-corrected chi connectivity index (χ2v) is 6.18. The molecule has 1 saturated heterocycles. The molecule has 8 nitrogen and oxygen atoms in total. The average molecular weight is 360 g/mol. The fourth-order valence-electron chi connectivity index (χ4n) is 3.10. The Hall–Kier alpha value is -2.71. The molecule has 0 spiro atoms. The molecule has 0 radical (unpaired) electrons. The van der Waals surface area contributed by atoms with E-state index in [4.69, 9.17) is 0 Å². The number of nitrogens with one attached hydrogen (secondary N) is 2. The minimum Gasteiger partial charge on any atom is -0.355 e. The Labute approximate surface area is 152 Å². The number of aryl methyl sites for hydroxylation is 1. The Morgan fingerprint density at radius 1 is 1.46 bits per heavy atom. The monoisotopic (exact) mass is 360 g/mol. The Morgan fingerprint density at radius 2 is 2.35 bits per heavy atom. The van der Waals surface area contributed by atoms with E-state index in [0.29, 0.717) is 12.4 Å². The fraction of sp³-hybridized carbons (Fsp3) is 0.529. The third-order valence-electron chi connectivity index (χ3n) is 4.45. The number of hydrogen-bond donors (Lipinski definition) is 2. The van der Waals surface area contributed by atoms with Crippen molar-refractivity contribution in [1.82, 2.24) is 30.4 Å². The first-order chi connectivity index (χ1) is 12.7. The van der Waals surface area contributed by atoms with Crippen LogP contribution in [0.5, 0.6) is 0 Å². The molecule has 2 aromatic heterocycles. The molecule has 1 unspecified atom stereocenters. The molecule has 0 aliphatic carbocycles. The van der Waals surface area contributed by atoms with E-state index in [1.54, 1.807) is 25.6 Å². The van der Waals surface area contributed by atoms with Crippen molar-refractivity contribution in [2.45, 2.75) is 32.4 Å². The molecule has 1 atom stereocenters. The summed E-state index contributed by atoms with van der Waals surface area (Å²) in [6, 6.07) is 3.25. The molecule has 1 aliphatic rings. The Morgan fingerprint density at radius 3 is 3.12 bits per heavy atom. The van der Waals surface area contributed by atoms with Gasteiger partial charge in [-0.25, -0.2) is 9.37 Å². The topological polar surface area (TPSA) is 83.3 Å². The highest BCUT2D eigenvalue weighted by Crippen LogP contribution is 2.20. The number of guanidine groups is 1. The summed E-state index contributed by atoms with van der Waals surface area (Å²) in [4.78, 5) is 10.4. The summed E-state index contributed by atoms with van der Waals surface area (Å²) in [5, 5.41) is 14.7. The quantitative estimate of drug-likeness (QED) is 0.586. The van der Waals surface area contributed by atoms with Crippen molar-refractivity contribution in [3.8, 4) is 0 Å². The molecule has 140 valence electrons. The van der Waals surface area contributed by atoms with Crippen LogP contribution < -0.4 is 15.5 Å². The van der Waals surface area contributed by atoms with Gasteiger partial charge in [0.15, 0.2) is 17.6 Å². The number of pyridine rings is 1. The number of nitrogens with zero attached hydrogens (tertiary/aromatic N) is 6. The number of aromatic nitrogens is 4. The van der Waals surface area contributed by atoms with Gasteiger partial charge in [-0.3, -0.25) is 4.99 Å². The third-order valence-corrected chi connectivity index (χ3v) is 4.45. The maximum atomic E-state index is 13.9. The SMILES string of the molecule is CCc1nncn1CCNC(=NC)NC1CCN(c2ncccc2F)C1. The normalized spacial score (nSPS) is 17.6. The van der Waals surface area contributed by atoms with Gasteiger partial charge in [-0.05, 0) is 18.6 Å². The van der Waals surface area contributed by atoms with Crippen LogP contribution in [-0.4, -0.2) is 58.4 Å². The van der Waals surface area contributed by atoms with Crippen LogP contribution >= 0.6 is 0 Å². The van der Waals surface area contributed by atoms with Crippen LogP contribution in [0.2, 0.25) is 0 Å². The zero-order chi connectivity index (χ0) is 18.4. The summed E-state index contributed by atoms with van der Waals surface area (Å²) in [5.74, 6) is 1.85. The van der Waals surface area contributed by atoms with E-state index in [1.807, 2.05) is 9.47 Å². The van der Waals surface area contributed by atoms with Gasteiger partial charge in [-0.2, -0.15) is 0 Å². The van der Waals surface area contributed by atoms with Crippen molar-refractivity contribution in [2.24, 2.45) is 4.99 Å². The first-order valence-corrected chi connectivity index (χ1v) is 8.90. The number of anilines is 1. The van der Waals surface area contributed by atoms with Crippen LogP contribution in [-0.2, 0) is 13.0 Å². The molecule has 9 heteroatoms. The maximum absolute atomic E-state index is 13.9. The van der Waals surface area contributed by atoms with Gasteiger partial charge in [0.1, 0.15) is 12.2 Å². The lowest BCUT2D eigenvalue weighted by Crippen LogP contribution is -2.45. The van der Waals surface area contributed by atoms with Gasteiger partial charge in [-0.1, -0.05) is 6.92 Å². The molecule has 0 saturated carbocycles. The largest absolute Gasteiger partial charge is 0.355 e. The summed E-state index contributed by atoms with van der Waals surface area (Å²) in [6.45, 7) is 5.01. The van der Waals surface area contributed by atoms with Crippen LogP contribution in [0.3, 0.4) is 0 Å². The minimum atomic E-state index is -0.281. The van der Waals surface area contributed by atoms with Crippen LogP contribution in [0.25, 0.3) is 0 Å². The highest BCUT2D eigenvalue weighted by molar-refractivity contribution is 5.80. The molecular weight excluding hydrogens is 335 g/mol. The zero-order valence-corrected chi connectivity index (χ0v) is 15.2. The van der Waals surface area contributed by atoms with Crippen molar-refractivity contribution in [1.29, 1.82) is 0 Å². The second kappa shape index (κ2) is 8.59. The summed E-state index contributed by atoms with van der Waals surface area (Å²) in [5.41, 5.74) is 0. The van der Waals surface area contributed by atoms with Gasteiger partial charge in [0.2, 0.25) is 0 Å². The number of halogens is 1. The molecule has 2 aromatic rings. The first kappa shape index (κ1) is 18.1. The smallest absolute Gasteiger partial charge is 0.191 e. The molecule has 3 heterocycles. The number of aliphatic imine (C=N–C) groups is 1. The van der Waals surface area contributed by atoms with Crippen LogP contribution in [0, 0.1) is 5.82 Å². The molecule has 3 rings (SSSR count). The van der Waals surface area contributed by atoms with Gasteiger partial charge in [0.05, 0.1) is 0 Å². The van der Waals surface area contributed by atoms with Crippen LogP contribution in [0.1, 0.15) is 19.2 Å². The lowest BCUT2D eigenvalue weighted by Gasteiger charge is -2.20. The van der Waals surface area contributed by atoms with Gasteiger partial charge >= 0.3 is 0 Å². The second-order valence-electron chi connectivity index (χ2n) is 6.18.